The summed E-state index contributed by atoms with van der Waals surface area (Å²) in [7, 11) is 0. The van der Waals surface area contributed by atoms with Crippen molar-refractivity contribution in [1.29, 1.82) is 0 Å². The van der Waals surface area contributed by atoms with Crippen molar-refractivity contribution in [3.63, 3.8) is 0 Å². The third-order valence-electron chi connectivity index (χ3n) is 8.24. The molecular weight excluding hydrogens is 539 g/mol. The molecule has 1 atom stereocenters. The molecule has 4 aliphatic heterocycles. The molecule has 212 valence electrons. The summed E-state index contributed by atoms with van der Waals surface area (Å²) in [5.74, 6) is 1.35. The standard InChI is InChI=1S/C28H38Cl2N6O3/c29-21-4-3-20(24(30)16-21)17-32-26-23-18-31-8-5-25(23)33-27(34-26)36-12-13-37-22(19-36)2-1-9-35-10-6-28(7-11-35)38-14-15-39-28/h3-4,16,22,31H,1-2,5-15,17-19H2,(H,32,33,34). The van der Waals surface area contributed by atoms with Gasteiger partial charge in [0, 0.05) is 80.7 Å². The van der Waals surface area contributed by atoms with Gasteiger partial charge in [0.2, 0.25) is 5.95 Å². The Bertz CT molecular complexity index is 1140. The average molecular weight is 578 g/mol. The molecule has 0 aliphatic carbocycles. The molecule has 4 aliphatic rings. The fraction of sp³-hybridized carbons (Fsp3) is 0.643. The lowest BCUT2D eigenvalue weighted by atomic mass is 10.0. The van der Waals surface area contributed by atoms with Crippen LogP contribution in [-0.2, 0) is 33.7 Å². The van der Waals surface area contributed by atoms with Crippen LogP contribution in [0, 0.1) is 0 Å². The topological polar surface area (TPSA) is 84.0 Å². The minimum Gasteiger partial charge on any atom is -0.375 e. The molecule has 3 fully saturated rings. The van der Waals surface area contributed by atoms with E-state index < -0.39 is 0 Å². The van der Waals surface area contributed by atoms with Gasteiger partial charge in [0.25, 0.3) is 0 Å². The number of morpholine rings is 1. The van der Waals surface area contributed by atoms with E-state index in [9.17, 15) is 0 Å². The number of fused-ring (bicyclic) bond motifs is 1. The smallest absolute Gasteiger partial charge is 0.227 e. The van der Waals surface area contributed by atoms with Crippen molar-refractivity contribution in [2.45, 2.75) is 57.1 Å². The maximum atomic E-state index is 6.42. The molecule has 9 nitrogen and oxygen atoms in total. The average Bonchev–Trinajstić information content (AvgIpc) is 3.41. The second-order valence-corrected chi connectivity index (χ2v) is 11.7. The zero-order chi connectivity index (χ0) is 26.7. The normalized spacial score (nSPS) is 23.2. The number of hydrogen-bond donors (Lipinski definition) is 2. The van der Waals surface area contributed by atoms with Crippen molar-refractivity contribution >= 4 is 35.0 Å². The van der Waals surface area contributed by atoms with E-state index >= 15 is 0 Å². The number of nitrogens with zero attached hydrogens (tertiary/aromatic N) is 4. The Hall–Kier alpha value is -1.72. The van der Waals surface area contributed by atoms with Gasteiger partial charge in [0.15, 0.2) is 5.79 Å². The lowest BCUT2D eigenvalue weighted by Gasteiger charge is -2.38. The highest BCUT2D eigenvalue weighted by Gasteiger charge is 2.39. The molecule has 1 aromatic carbocycles. The first kappa shape index (κ1) is 27.4. The highest BCUT2D eigenvalue weighted by Crippen LogP contribution is 2.31. The van der Waals surface area contributed by atoms with Gasteiger partial charge < -0.3 is 34.6 Å². The van der Waals surface area contributed by atoms with Gasteiger partial charge in [0.05, 0.1) is 31.6 Å². The van der Waals surface area contributed by atoms with Crippen molar-refractivity contribution in [2.24, 2.45) is 0 Å². The number of benzene rings is 1. The minimum atomic E-state index is -0.302. The Morgan fingerprint density at radius 3 is 2.74 bits per heavy atom. The van der Waals surface area contributed by atoms with Gasteiger partial charge in [-0.15, -0.1) is 0 Å². The monoisotopic (exact) mass is 576 g/mol. The van der Waals surface area contributed by atoms with Crippen molar-refractivity contribution < 1.29 is 14.2 Å². The SMILES string of the molecule is Clc1ccc(CNc2nc(N3CCOC(CCCN4CCC5(CC4)OCCO5)C3)nc3c2CNCC3)c(Cl)c1. The first-order chi connectivity index (χ1) is 19.1. The van der Waals surface area contributed by atoms with Crippen LogP contribution in [0.25, 0.3) is 0 Å². The number of likely N-dealkylation sites (tertiary alicyclic amines) is 1. The number of nitrogens with one attached hydrogen (secondary N) is 2. The highest BCUT2D eigenvalue weighted by atomic mass is 35.5. The van der Waals surface area contributed by atoms with Crippen LogP contribution in [0.5, 0.6) is 0 Å². The Morgan fingerprint density at radius 2 is 1.92 bits per heavy atom. The van der Waals surface area contributed by atoms with Crippen LogP contribution in [0.3, 0.4) is 0 Å². The summed E-state index contributed by atoms with van der Waals surface area (Å²) in [5.41, 5.74) is 3.23. The molecule has 11 heteroatoms. The summed E-state index contributed by atoms with van der Waals surface area (Å²) in [6, 6.07) is 5.59. The van der Waals surface area contributed by atoms with Crippen molar-refractivity contribution in [2.75, 3.05) is 69.3 Å². The summed E-state index contributed by atoms with van der Waals surface area (Å²) in [5, 5.41) is 8.27. The number of ether oxygens (including phenoxy) is 3. The molecule has 5 heterocycles. The predicted molar refractivity (Wildman–Crippen MR) is 153 cm³/mol. The molecule has 2 aromatic rings. The van der Waals surface area contributed by atoms with Gasteiger partial charge in [-0.25, -0.2) is 4.98 Å². The molecule has 0 amide bonds. The van der Waals surface area contributed by atoms with Crippen LogP contribution in [0.4, 0.5) is 11.8 Å². The first-order valence-corrected chi connectivity index (χ1v) is 15.0. The second-order valence-electron chi connectivity index (χ2n) is 10.8. The number of piperidine rings is 1. The third kappa shape index (κ3) is 6.62. The van der Waals surface area contributed by atoms with Gasteiger partial charge in [-0.1, -0.05) is 29.3 Å². The Labute approximate surface area is 240 Å². The van der Waals surface area contributed by atoms with Gasteiger partial charge in [-0.05, 0) is 37.1 Å². The largest absolute Gasteiger partial charge is 0.375 e. The van der Waals surface area contributed by atoms with Gasteiger partial charge in [-0.2, -0.15) is 4.98 Å². The maximum Gasteiger partial charge on any atom is 0.227 e. The molecule has 1 spiro atoms. The molecule has 0 radical (unpaired) electrons. The maximum absolute atomic E-state index is 6.42. The van der Waals surface area contributed by atoms with E-state index in [4.69, 9.17) is 47.4 Å². The summed E-state index contributed by atoms with van der Waals surface area (Å²) >= 11 is 12.5. The number of halogens is 2. The number of hydrogen-bond acceptors (Lipinski definition) is 9. The Morgan fingerprint density at radius 1 is 1.08 bits per heavy atom. The number of aromatic nitrogens is 2. The van der Waals surface area contributed by atoms with E-state index in [1.807, 2.05) is 12.1 Å². The zero-order valence-electron chi connectivity index (χ0n) is 22.4. The van der Waals surface area contributed by atoms with Crippen LogP contribution in [0.1, 0.15) is 42.5 Å². The van der Waals surface area contributed by atoms with Gasteiger partial charge >= 0.3 is 0 Å². The Kier molecular flexibility index (Phi) is 8.75. The molecule has 2 N–H and O–H groups in total. The molecule has 1 aromatic heterocycles. The quantitative estimate of drug-likeness (QED) is 0.486. The van der Waals surface area contributed by atoms with Crippen molar-refractivity contribution in [1.82, 2.24) is 20.2 Å². The van der Waals surface area contributed by atoms with Crippen LogP contribution in [0.15, 0.2) is 18.2 Å². The van der Waals surface area contributed by atoms with Crippen LogP contribution < -0.4 is 15.5 Å². The first-order valence-electron chi connectivity index (χ1n) is 14.2. The summed E-state index contributed by atoms with van der Waals surface area (Å²) in [6.07, 6.45) is 5.14. The van der Waals surface area contributed by atoms with Crippen LogP contribution in [0.2, 0.25) is 10.0 Å². The molecule has 6 rings (SSSR count). The zero-order valence-corrected chi connectivity index (χ0v) is 23.9. The summed E-state index contributed by atoms with van der Waals surface area (Å²) in [4.78, 5) is 14.8. The lowest BCUT2D eigenvalue weighted by molar-refractivity contribution is -0.185. The van der Waals surface area contributed by atoms with E-state index in [1.165, 1.54) is 0 Å². The molecule has 0 saturated carbocycles. The number of anilines is 2. The predicted octanol–water partition coefficient (Wildman–Crippen LogP) is 3.87. The molecule has 39 heavy (non-hydrogen) atoms. The van der Waals surface area contributed by atoms with Gasteiger partial charge in [0.1, 0.15) is 5.82 Å². The molecular formula is C28H38Cl2N6O3. The van der Waals surface area contributed by atoms with E-state index in [-0.39, 0.29) is 11.9 Å². The summed E-state index contributed by atoms with van der Waals surface area (Å²) < 4.78 is 17.9. The van der Waals surface area contributed by atoms with Gasteiger partial charge in [-0.3, -0.25) is 0 Å². The highest BCUT2D eigenvalue weighted by molar-refractivity contribution is 6.35. The van der Waals surface area contributed by atoms with E-state index in [2.05, 4.69) is 20.4 Å². The second kappa shape index (κ2) is 12.4. The van der Waals surface area contributed by atoms with E-state index in [0.717, 1.165) is 120 Å². The molecule has 3 saturated heterocycles. The lowest BCUT2D eigenvalue weighted by Crippen LogP contribution is -2.46. The minimum absolute atomic E-state index is 0.182. The van der Waals surface area contributed by atoms with Crippen molar-refractivity contribution in [3.05, 3.63) is 45.1 Å². The number of rotatable bonds is 8. The van der Waals surface area contributed by atoms with E-state index in [1.54, 1.807) is 6.07 Å². The fourth-order valence-corrected chi connectivity index (χ4v) is 6.46. The van der Waals surface area contributed by atoms with Crippen LogP contribution in [-0.4, -0.2) is 85.8 Å². The molecule has 1 unspecified atom stereocenters. The Balaban J connectivity index is 1.06. The van der Waals surface area contributed by atoms with Crippen LogP contribution >= 0.6 is 23.2 Å². The molecule has 0 bridgehead atoms. The third-order valence-corrected chi connectivity index (χ3v) is 8.82. The summed E-state index contributed by atoms with van der Waals surface area (Å²) in [6.45, 7) is 9.16. The fourth-order valence-electron chi connectivity index (χ4n) is 5.98. The van der Waals surface area contributed by atoms with E-state index in [0.29, 0.717) is 23.2 Å². The van der Waals surface area contributed by atoms with Crippen molar-refractivity contribution in [3.8, 4) is 0 Å².